The van der Waals surface area contributed by atoms with Crippen molar-refractivity contribution in [2.75, 3.05) is 12.3 Å². The van der Waals surface area contributed by atoms with Gasteiger partial charge in [0.05, 0.1) is 12.4 Å². The van der Waals surface area contributed by atoms with E-state index in [1.165, 1.54) is 6.33 Å². The maximum absolute atomic E-state index is 5.96. The third-order valence-electron chi connectivity index (χ3n) is 3.21. The molecular weight excluding hydrogens is 234 g/mol. The van der Waals surface area contributed by atoms with E-state index in [1.54, 1.807) is 6.33 Å². The van der Waals surface area contributed by atoms with Crippen molar-refractivity contribution in [3.05, 3.63) is 12.7 Å². The van der Waals surface area contributed by atoms with E-state index in [4.69, 9.17) is 21.9 Å². The first-order valence-electron chi connectivity index (χ1n) is 5.75. The van der Waals surface area contributed by atoms with Crippen LogP contribution in [0, 0.1) is 0 Å². The zero-order valence-corrected chi connectivity index (χ0v) is 9.73. The Bertz CT molecular complexity index is 568. The molecule has 1 aliphatic rings. The van der Waals surface area contributed by atoms with Crippen LogP contribution in [0.3, 0.4) is 0 Å². The van der Waals surface area contributed by atoms with Crippen molar-refractivity contribution in [2.24, 2.45) is 11.5 Å². The Kier molecular flexibility index (Phi) is 2.62. The van der Waals surface area contributed by atoms with Crippen LogP contribution >= 0.6 is 0 Å². The van der Waals surface area contributed by atoms with Crippen LogP contribution in [0.25, 0.3) is 11.2 Å². The molecule has 3 atom stereocenters. The molecule has 1 fully saturated rings. The van der Waals surface area contributed by atoms with Crippen molar-refractivity contribution in [1.82, 2.24) is 19.5 Å². The molecule has 2 aromatic heterocycles. The molecule has 0 unspecified atom stereocenters. The topological polar surface area (TPSA) is 131 Å². The Hall–Kier alpha value is -1.77. The highest BCUT2D eigenvalue weighted by Crippen LogP contribution is 2.29. The van der Waals surface area contributed by atoms with Crippen molar-refractivity contribution >= 4 is 17.0 Å². The quantitative estimate of drug-likeness (QED) is 0.620. The summed E-state index contributed by atoms with van der Waals surface area (Å²) in [5.41, 5.74) is 18.5. The summed E-state index contributed by atoms with van der Waals surface area (Å²) in [6.07, 6.45) is 3.40. The van der Waals surface area contributed by atoms with Crippen LogP contribution in [0.1, 0.15) is 12.6 Å². The summed E-state index contributed by atoms with van der Waals surface area (Å²) in [5, 5.41) is 0. The summed E-state index contributed by atoms with van der Waals surface area (Å²) in [4.78, 5) is 12.3. The van der Waals surface area contributed by atoms with E-state index in [-0.39, 0.29) is 18.4 Å². The number of hydrogen-bond donors (Lipinski definition) is 3. The second-order valence-electron chi connectivity index (χ2n) is 4.35. The number of aromatic nitrogens is 4. The van der Waals surface area contributed by atoms with E-state index in [0.29, 0.717) is 29.9 Å². The fourth-order valence-electron chi connectivity index (χ4n) is 2.23. The molecule has 0 radical (unpaired) electrons. The van der Waals surface area contributed by atoms with Gasteiger partial charge in [-0.1, -0.05) is 0 Å². The van der Waals surface area contributed by atoms with Gasteiger partial charge in [0.1, 0.15) is 18.1 Å². The molecule has 1 saturated heterocycles. The first-order valence-corrected chi connectivity index (χ1v) is 5.75. The van der Waals surface area contributed by atoms with Gasteiger partial charge in [-0.25, -0.2) is 15.0 Å². The van der Waals surface area contributed by atoms with E-state index in [0.717, 1.165) is 0 Å². The summed E-state index contributed by atoms with van der Waals surface area (Å²) in [5.74, 6) is 0.358. The maximum atomic E-state index is 5.96. The normalized spacial score (nSPS) is 28.0. The summed E-state index contributed by atoms with van der Waals surface area (Å²) < 4.78 is 7.61. The number of hydrogen-bond acceptors (Lipinski definition) is 7. The zero-order chi connectivity index (χ0) is 12.7. The predicted octanol–water partition coefficient (Wildman–Crippen LogP) is -1.02. The molecular formula is C10H15N7O. The summed E-state index contributed by atoms with van der Waals surface area (Å²) >= 11 is 0. The first kappa shape index (κ1) is 11.3. The molecule has 0 saturated carbocycles. The number of imidazole rings is 1. The van der Waals surface area contributed by atoms with Gasteiger partial charge in [-0.15, -0.1) is 0 Å². The van der Waals surface area contributed by atoms with Crippen LogP contribution in [0.2, 0.25) is 0 Å². The summed E-state index contributed by atoms with van der Waals surface area (Å²) in [7, 11) is 0. The van der Waals surface area contributed by atoms with Crippen LogP contribution < -0.4 is 17.2 Å². The average molecular weight is 249 g/mol. The number of nitrogens with zero attached hydrogens (tertiary/aromatic N) is 4. The van der Waals surface area contributed by atoms with Crippen molar-refractivity contribution in [1.29, 1.82) is 0 Å². The van der Waals surface area contributed by atoms with Crippen molar-refractivity contribution < 1.29 is 4.74 Å². The molecule has 2 aromatic rings. The molecule has 8 nitrogen and oxygen atoms in total. The van der Waals surface area contributed by atoms with Crippen molar-refractivity contribution in [2.45, 2.75) is 24.8 Å². The lowest BCUT2D eigenvalue weighted by Gasteiger charge is -2.14. The Morgan fingerprint density at radius 3 is 2.94 bits per heavy atom. The number of ether oxygens (including phenoxy) is 1. The largest absolute Gasteiger partial charge is 0.382 e. The van der Waals surface area contributed by atoms with Gasteiger partial charge in [-0.2, -0.15) is 0 Å². The molecule has 8 heteroatoms. The highest BCUT2D eigenvalue weighted by atomic mass is 16.5. The lowest BCUT2D eigenvalue weighted by Crippen LogP contribution is -2.35. The minimum Gasteiger partial charge on any atom is -0.382 e. The molecule has 0 aliphatic carbocycles. The standard InChI is InChI=1S/C10H15N7O/c11-2-6-5(12)1-7(18-6)17-4-16-8-9(13)14-3-15-10(8)17/h3-7H,1-2,11-12H2,(H2,13,14,15)/t5-,6-,7-/m1/s1. The highest BCUT2D eigenvalue weighted by Gasteiger charge is 2.33. The van der Waals surface area contributed by atoms with Crippen molar-refractivity contribution in [3.8, 4) is 0 Å². The molecule has 6 N–H and O–H groups in total. The highest BCUT2D eigenvalue weighted by molar-refractivity contribution is 5.81. The van der Waals surface area contributed by atoms with Gasteiger partial charge in [0.2, 0.25) is 0 Å². The van der Waals surface area contributed by atoms with Gasteiger partial charge >= 0.3 is 0 Å². The van der Waals surface area contributed by atoms with Gasteiger partial charge < -0.3 is 21.9 Å². The predicted molar refractivity (Wildman–Crippen MR) is 65.3 cm³/mol. The molecule has 3 rings (SSSR count). The molecule has 3 heterocycles. The van der Waals surface area contributed by atoms with Gasteiger partial charge in [0, 0.05) is 19.0 Å². The maximum Gasteiger partial charge on any atom is 0.167 e. The number of anilines is 1. The van der Waals surface area contributed by atoms with Crippen LogP contribution in [-0.2, 0) is 4.74 Å². The third kappa shape index (κ3) is 1.62. The SMILES string of the molecule is NC[C@H]1O[C@@H](n2cnc3c(N)ncnc32)C[C@H]1N. The average Bonchev–Trinajstić information content (AvgIpc) is 2.93. The molecule has 0 bridgehead atoms. The molecule has 0 spiro atoms. The van der Waals surface area contributed by atoms with E-state index in [2.05, 4.69) is 15.0 Å². The Labute approximate surface area is 103 Å². The first-order chi connectivity index (χ1) is 8.70. The smallest absolute Gasteiger partial charge is 0.167 e. The zero-order valence-electron chi connectivity index (χ0n) is 9.73. The second kappa shape index (κ2) is 4.16. The van der Waals surface area contributed by atoms with Crippen LogP contribution in [-0.4, -0.2) is 38.2 Å². The molecule has 0 amide bonds. The van der Waals surface area contributed by atoms with E-state index in [9.17, 15) is 0 Å². The fourth-order valence-corrected chi connectivity index (χ4v) is 2.23. The number of fused-ring (bicyclic) bond motifs is 1. The Morgan fingerprint density at radius 1 is 1.39 bits per heavy atom. The number of rotatable bonds is 2. The number of nitrogens with two attached hydrogens (primary N) is 3. The minimum atomic E-state index is -0.201. The van der Waals surface area contributed by atoms with E-state index >= 15 is 0 Å². The van der Waals surface area contributed by atoms with Crippen LogP contribution in [0.4, 0.5) is 5.82 Å². The third-order valence-corrected chi connectivity index (χ3v) is 3.21. The summed E-state index contributed by atoms with van der Waals surface area (Å²) in [6.45, 7) is 0.404. The van der Waals surface area contributed by atoms with Crippen LogP contribution in [0.15, 0.2) is 12.7 Å². The molecule has 1 aliphatic heterocycles. The van der Waals surface area contributed by atoms with Gasteiger partial charge in [0.25, 0.3) is 0 Å². The monoisotopic (exact) mass is 249 g/mol. The Balaban J connectivity index is 1.99. The van der Waals surface area contributed by atoms with Gasteiger partial charge in [-0.3, -0.25) is 4.57 Å². The molecule has 96 valence electrons. The summed E-state index contributed by atoms with van der Waals surface area (Å²) in [6, 6.07) is -0.0726. The lowest BCUT2D eigenvalue weighted by molar-refractivity contribution is 0.00660. The molecule has 18 heavy (non-hydrogen) atoms. The van der Waals surface area contributed by atoms with E-state index < -0.39 is 0 Å². The second-order valence-corrected chi connectivity index (χ2v) is 4.35. The number of nitrogen functional groups attached to an aromatic ring is 1. The minimum absolute atomic E-state index is 0.0726. The lowest BCUT2D eigenvalue weighted by atomic mass is 10.1. The van der Waals surface area contributed by atoms with Crippen LogP contribution in [0.5, 0.6) is 0 Å². The van der Waals surface area contributed by atoms with Gasteiger partial charge in [-0.05, 0) is 0 Å². The molecule has 0 aromatic carbocycles. The van der Waals surface area contributed by atoms with Crippen molar-refractivity contribution in [3.63, 3.8) is 0 Å². The Morgan fingerprint density at radius 2 is 2.22 bits per heavy atom. The van der Waals surface area contributed by atoms with E-state index in [1.807, 2.05) is 4.57 Å². The fraction of sp³-hybridized carbons (Fsp3) is 0.500. The van der Waals surface area contributed by atoms with Gasteiger partial charge in [0.15, 0.2) is 11.5 Å².